The Labute approximate surface area is 161 Å². The minimum absolute atomic E-state index is 0.160. The highest BCUT2D eigenvalue weighted by atomic mass is 32.2. The van der Waals surface area contributed by atoms with Crippen molar-refractivity contribution >= 4 is 15.9 Å². The molecule has 6 nitrogen and oxygen atoms in total. The number of carbonyl (C=O) groups excluding carboxylic acids is 1. The van der Waals surface area contributed by atoms with Crippen molar-refractivity contribution in [2.45, 2.75) is 20.0 Å². The van der Waals surface area contributed by atoms with Gasteiger partial charge in [-0.3, -0.25) is 4.79 Å². The van der Waals surface area contributed by atoms with E-state index in [9.17, 15) is 13.2 Å². The predicted octanol–water partition coefficient (Wildman–Crippen LogP) is 2.42. The molecule has 2 aromatic rings. The first-order valence-corrected chi connectivity index (χ1v) is 10.4. The number of sulfonamides is 1. The average Bonchev–Trinajstić information content (AvgIpc) is 2.62. The maximum Gasteiger partial charge on any atom is 0.237 e. The highest BCUT2D eigenvalue weighted by molar-refractivity contribution is 7.88. The zero-order chi connectivity index (χ0) is 20.0. The summed E-state index contributed by atoms with van der Waals surface area (Å²) >= 11 is 0. The number of ether oxygens (including phenoxy) is 1. The second kappa shape index (κ2) is 9.01. The van der Waals surface area contributed by atoms with Gasteiger partial charge in [0.2, 0.25) is 15.9 Å². The molecule has 146 valence electrons. The lowest BCUT2D eigenvalue weighted by Gasteiger charge is -2.24. The predicted molar refractivity (Wildman–Crippen MR) is 106 cm³/mol. The molecule has 0 aliphatic heterocycles. The van der Waals surface area contributed by atoms with E-state index in [-0.39, 0.29) is 19.0 Å². The van der Waals surface area contributed by atoms with Crippen LogP contribution < -0.4 is 4.74 Å². The van der Waals surface area contributed by atoms with Crippen molar-refractivity contribution in [1.29, 1.82) is 0 Å². The summed E-state index contributed by atoms with van der Waals surface area (Å²) in [6.45, 7) is 2.26. The van der Waals surface area contributed by atoms with Crippen LogP contribution in [0.3, 0.4) is 0 Å². The number of likely N-dealkylation sites (N-methyl/N-ethyl adjacent to an activating group) is 1. The molecule has 0 aromatic heterocycles. The van der Waals surface area contributed by atoms with Gasteiger partial charge in [0, 0.05) is 25.7 Å². The first kappa shape index (κ1) is 20.9. The molecule has 0 radical (unpaired) electrons. The van der Waals surface area contributed by atoms with E-state index in [1.165, 1.54) is 9.21 Å². The van der Waals surface area contributed by atoms with E-state index in [4.69, 9.17) is 4.74 Å². The molecule has 7 heteroatoms. The van der Waals surface area contributed by atoms with Gasteiger partial charge in [0.25, 0.3) is 0 Å². The Hall–Kier alpha value is -2.38. The summed E-state index contributed by atoms with van der Waals surface area (Å²) in [5.74, 6) is 0.412. The van der Waals surface area contributed by atoms with Crippen LogP contribution >= 0.6 is 0 Å². The van der Waals surface area contributed by atoms with Crippen LogP contribution in [-0.4, -0.2) is 50.5 Å². The summed E-state index contributed by atoms with van der Waals surface area (Å²) in [7, 11) is -0.295. The maximum atomic E-state index is 12.6. The molecule has 0 bridgehead atoms. The molecule has 0 saturated heterocycles. The Morgan fingerprint density at radius 2 is 1.67 bits per heavy atom. The molecule has 27 heavy (non-hydrogen) atoms. The average molecular weight is 391 g/mol. The number of hydrogen-bond donors (Lipinski definition) is 0. The van der Waals surface area contributed by atoms with Crippen LogP contribution in [0.1, 0.15) is 16.7 Å². The van der Waals surface area contributed by atoms with Gasteiger partial charge in [-0.25, -0.2) is 8.42 Å². The number of hydrogen-bond acceptors (Lipinski definition) is 4. The van der Waals surface area contributed by atoms with Crippen molar-refractivity contribution in [3.8, 4) is 5.75 Å². The normalized spacial score (nSPS) is 11.4. The number of rotatable bonds is 8. The molecule has 2 aromatic carbocycles. The van der Waals surface area contributed by atoms with Gasteiger partial charge < -0.3 is 9.64 Å². The fourth-order valence-electron chi connectivity index (χ4n) is 2.64. The van der Waals surface area contributed by atoms with E-state index >= 15 is 0 Å². The summed E-state index contributed by atoms with van der Waals surface area (Å²) in [5.41, 5.74) is 2.80. The molecule has 0 saturated carbocycles. The number of aryl methyl sites for hydroxylation is 1. The SMILES string of the molecule is COc1ccccc1CN(C)C(=O)CN(Cc1ccc(C)cc1)S(C)(=O)=O. The van der Waals surface area contributed by atoms with Crippen LogP contribution in [0.25, 0.3) is 0 Å². The van der Waals surface area contributed by atoms with E-state index < -0.39 is 10.0 Å². The zero-order valence-corrected chi connectivity index (χ0v) is 17.0. The van der Waals surface area contributed by atoms with Gasteiger partial charge in [0.15, 0.2) is 0 Å². The largest absolute Gasteiger partial charge is 0.496 e. The molecule has 0 unspecified atom stereocenters. The number of methoxy groups -OCH3 is 1. The second-order valence-corrected chi connectivity index (χ2v) is 8.56. The van der Waals surface area contributed by atoms with Gasteiger partial charge in [-0.05, 0) is 18.6 Å². The molecule has 2 rings (SSSR count). The fraction of sp³-hybridized carbons (Fsp3) is 0.350. The van der Waals surface area contributed by atoms with E-state index in [2.05, 4.69) is 0 Å². The molecule has 0 aliphatic rings. The summed E-state index contributed by atoms with van der Waals surface area (Å²) in [6, 6.07) is 15.0. The van der Waals surface area contributed by atoms with Crippen LogP contribution in [0, 0.1) is 6.92 Å². The highest BCUT2D eigenvalue weighted by Crippen LogP contribution is 2.19. The Morgan fingerprint density at radius 1 is 1.04 bits per heavy atom. The minimum atomic E-state index is -3.53. The maximum absolute atomic E-state index is 12.6. The third-order valence-corrected chi connectivity index (χ3v) is 5.48. The lowest BCUT2D eigenvalue weighted by molar-refractivity contribution is -0.130. The minimum Gasteiger partial charge on any atom is -0.496 e. The van der Waals surface area contributed by atoms with Gasteiger partial charge in [-0.15, -0.1) is 0 Å². The first-order valence-electron chi connectivity index (χ1n) is 8.57. The molecule has 1 amide bonds. The summed E-state index contributed by atoms with van der Waals surface area (Å²) in [5, 5.41) is 0. The van der Waals surface area contributed by atoms with Crippen LogP contribution in [0.5, 0.6) is 5.75 Å². The lowest BCUT2D eigenvalue weighted by Crippen LogP contribution is -2.40. The Bertz CT molecular complexity index is 879. The number of benzene rings is 2. The van der Waals surface area contributed by atoms with E-state index in [0.29, 0.717) is 12.3 Å². The molecular weight excluding hydrogens is 364 g/mol. The Kier molecular flexibility index (Phi) is 6.98. The number of carbonyl (C=O) groups is 1. The standard InChI is InChI=1S/C20H26N2O4S/c1-16-9-11-17(12-10-16)13-22(27(4,24)25)15-20(23)21(2)14-18-7-5-6-8-19(18)26-3/h5-12H,13-15H2,1-4H3. The van der Waals surface area contributed by atoms with Gasteiger partial charge in [0.1, 0.15) is 5.75 Å². The summed E-state index contributed by atoms with van der Waals surface area (Å²) in [6.07, 6.45) is 1.12. The van der Waals surface area contributed by atoms with Crippen molar-refractivity contribution in [2.75, 3.05) is 27.0 Å². The molecule has 0 heterocycles. The molecule has 0 spiro atoms. The molecular formula is C20H26N2O4S. The van der Waals surface area contributed by atoms with E-state index in [1.807, 2.05) is 55.5 Å². The zero-order valence-electron chi connectivity index (χ0n) is 16.2. The molecule has 0 N–H and O–H groups in total. The summed E-state index contributed by atoms with van der Waals surface area (Å²) < 4.78 is 30.8. The third-order valence-electron chi connectivity index (χ3n) is 4.29. The van der Waals surface area contributed by atoms with Crippen molar-refractivity contribution < 1.29 is 17.9 Å². The van der Waals surface area contributed by atoms with Crippen LogP contribution in [0.4, 0.5) is 0 Å². The highest BCUT2D eigenvalue weighted by Gasteiger charge is 2.23. The quantitative estimate of drug-likeness (QED) is 0.694. The lowest BCUT2D eigenvalue weighted by atomic mass is 10.1. The van der Waals surface area contributed by atoms with Crippen molar-refractivity contribution in [3.63, 3.8) is 0 Å². The topological polar surface area (TPSA) is 66.9 Å². The van der Waals surface area contributed by atoms with Crippen LogP contribution in [-0.2, 0) is 27.9 Å². The number of para-hydroxylation sites is 1. The van der Waals surface area contributed by atoms with Gasteiger partial charge in [-0.2, -0.15) is 4.31 Å². The van der Waals surface area contributed by atoms with E-state index in [0.717, 1.165) is 22.9 Å². The molecule has 0 atom stereocenters. The molecule has 0 aliphatic carbocycles. The van der Waals surface area contributed by atoms with E-state index in [1.54, 1.807) is 14.2 Å². The smallest absolute Gasteiger partial charge is 0.237 e. The number of amides is 1. The van der Waals surface area contributed by atoms with Gasteiger partial charge in [-0.1, -0.05) is 48.0 Å². The van der Waals surface area contributed by atoms with Crippen molar-refractivity contribution in [1.82, 2.24) is 9.21 Å². The Morgan fingerprint density at radius 3 is 2.26 bits per heavy atom. The first-order chi connectivity index (χ1) is 12.7. The number of nitrogens with zero attached hydrogens (tertiary/aromatic N) is 2. The second-order valence-electron chi connectivity index (χ2n) is 6.58. The van der Waals surface area contributed by atoms with Crippen LogP contribution in [0.15, 0.2) is 48.5 Å². The summed E-state index contributed by atoms with van der Waals surface area (Å²) in [4.78, 5) is 14.1. The van der Waals surface area contributed by atoms with Crippen LogP contribution in [0.2, 0.25) is 0 Å². The van der Waals surface area contributed by atoms with Gasteiger partial charge >= 0.3 is 0 Å². The molecule has 0 fully saturated rings. The fourth-order valence-corrected chi connectivity index (χ4v) is 3.36. The van der Waals surface area contributed by atoms with Crippen molar-refractivity contribution in [3.05, 3.63) is 65.2 Å². The van der Waals surface area contributed by atoms with Crippen molar-refractivity contribution in [2.24, 2.45) is 0 Å². The Balaban J connectivity index is 2.09. The van der Waals surface area contributed by atoms with Gasteiger partial charge in [0.05, 0.1) is 19.9 Å². The third kappa shape index (κ3) is 6.08. The monoisotopic (exact) mass is 390 g/mol.